The Kier molecular flexibility index (Phi) is 5.64. The summed E-state index contributed by atoms with van der Waals surface area (Å²) in [6.07, 6.45) is 2.18. The van der Waals surface area contributed by atoms with E-state index < -0.39 is 0 Å². The molecular weight excluding hydrogens is 410 g/mol. The molecule has 0 bridgehead atoms. The molecule has 3 heterocycles. The highest BCUT2D eigenvalue weighted by Crippen LogP contribution is 2.30. The zero-order valence-corrected chi connectivity index (χ0v) is 18.2. The number of halogens is 1. The summed E-state index contributed by atoms with van der Waals surface area (Å²) < 4.78 is 13.1. The van der Waals surface area contributed by atoms with Gasteiger partial charge >= 0.3 is 0 Å². The van der Waals surface area contributed by atoms with Gasteiger partial charge in [0, 0.05) is 36.4 Å². The smallest absolute Gasteiger partial charge is 0.137 e. The molecule has 5 rings (SSSR count). The first-order valence-electron chi connectivity index (χ1n) is 10.4. The van der Waals surface area contributed by atoms with E-state index in [9.17, 15) is 0 Å². The minimum atomic E-state index is 0.726. The molecular formula is C25H24ClN3O2. The first-order valence-corrected chi connectivity index (χ1v) is 10.8. The number of fused-ring (bicyclic) bond motifs is 1. The number of imidazole rings is 1. The standard InChI is InChI=1S/C25H24ClN3O2/c1-30-22-9-4-18(5-10-22)20-6-11-24-27-25(19-2-7-21(26)8-3-19)23(29(24)16-20)17-28-12-14-31-15-13-28/h2-11,16H,12-15,17H2,1H3. The van der Waals surface area contributed by atoms with E-state index in [-0.39, 0.29) is 0 Å². The number of morpholine rings is 1. The summed E-state index contributed by atoms with van der Waals surface area (Å²) >= 11 is 6.13. The summed E-state index contributed by atoms with van der Waals surface area (Å²) in [7, 11) is 1.68. The van der Waals surface area contributed by atoms with Crippen molar-refractivity contribution in [2.75, 3.05) is 33.4 Å². The lowest BCUT2D eigenvalue weighted by molar-refractivity contribution is 0.0336. The number of methoxy groups -OCH3 is 1. The number of aromatic nitrogens is 2. The van der Waals surface area contributed by atoms with Crippen molar-refractivity contribution in [3.63, 3.8) is 0 Å². The molecule has 2 aromatic heterocycles. The predicted molar refractivity (Wildman–Crippen MR) is 124 cm³/mol. The second-order valence-electron chi connectivity index (χ2n) is 7.68. The normalized spacial score (nSPS) is 14.8. The van der Waals surface area contributed by atoms with Crippen LogP contribution in [-0.2, 0) is 11.3 Å². The van der Waals surface area contributed by atoms with Crippen LogP contribution in [0.1, 0.15) is 5.69 Å². The SMILES string of the molecule is COc1ccc(-c2ccc3nc(-c4ccc(Cl)cc4)c(CN4CCOCC4)n3c2)cc1. The van der Waals surface area contributed by atoms with Gasteiger partial charge in [-0.3, -0.25) is 4.90 Å². The number of hydrogen-bond acceptors (Lipinski definition) is 4. The summed E-state index contributed by atoms with van der Waals surface area (Å²) in [5.41, 5.74) is 6.46. The topological polar surface area (TPSA) is 39.0 Å². The minimum absolute atomic E-state index is 0.726. The number of rotatable bonds is 5. The molecule has 1 saturated heterocycles. The van der Waals surface area contributed by atoms with Gasteiger partial charge in [-0.05, 0) is 47.5 Å². The van der Waals surface area contributed by atoms with E-state index in [0.29, 0.717) is 0 Å². The maximum Gasteiger partial charge on any atom is 0.137 e. The van der Waals surface area contributed by atoms with Crippen LogP contribution in [0.3, 0.4) is 0 Å². The van der Waals surface area contributed by atoms with Crippen molar-refractivity contribution in [1.29, 1.82) is 0 Å². The van der Waals surface area contributed by atoms with Gasteiger partial charge in [0.1, 0.15) is 11.4 Å². The quantitative estimate of drug-likeness (QED) is 0.435. The van der Waals surface area contributed by atoms with E-state index in [1.54, 1.807) is 7.11 Å². The van der Waals surface area contributed by atoms with Crippen LogP contribution in [0.2, 0.25) is 5.02 Å². The van der Waals surface area contributed by atoms with Crippen LogP contribution in [0.25, 0.3) is 28.0 Å². The average molecular weight is 434 g/mol. The maximum atomic E-state index is 6.13. The largest absolute Gasteiger partial charge is 0.497 e. The summed E-state index contributed by atoms with van der Waals surface area (Å²) in [5, 5.41) is 0.726. The molecule has 1 aliphatic heterocycles. The Balaban J connectivity index is 1.61. The molecule has 1 fully saturated rings. The summed E-state index contributed by atoms with van der Waals surface area (Å²) in [6.45, 7) is 4.19. The van der Waals surface area contributed by atoms with E-state index in [1.807, 2.05) is 36.4 Å². The lowest BCUT2D eigenvalue weighted by Crippen LogP contribution is -2.36. The molecule has 31 heavy (non-hydrogen) atoms. The summed E-state index contributed by atoms with van der Waals surface area (Å²) in [6, 6.07) is 20.3. The van der Waals surface area contributed by atoms with Crippen molar-refractivity contribution < 1.29 is 9.47 Å². The van der Waals surface area contributed by atoms with Crippen molar-refractivity contribution in [3.8, 4) is 28.1 Å². The van der Waals surface area contributed by atoms with Gasteiger partial charge < -0.3 is 13.9 Å². The summed E-state index contributed by atoms with van der Waals surface area (Å²) in [5.74, 6) is 0.852. The van der Waals surface area contributed by atoms with Crippen molar-refractivity contribution >= 4 is 17.2 Å². The molecule has 6 heteroatoms. The van der Waals surface area contributed by atoms with Gasteiger partial charge in [0.2, 0.25) is 0 Å². The first kappa shape index (κ1) is 20.1. The fourth-order valence-electron chi connectivity index (χ4n) is 4.01. The molecule has 0 amide bonds. The van der Waals surface area contributed by atoms with Crippen molar-refractivity contribution in [1.82, 2.24) is 14.3 Å². The Morgan fingerprint density at radius 3 is 2.29 bits per heavy atom. The molecule has 0 N–H and O–H groups in total. The van der Waals surface area contributed by atoms with Crippen LogP contribution in [0.15, 0.2) is 66.9 Å². The van der Waals surface area contributed by atoms with E-state index >= 15 is 0 Å². The molecule has 5 nitrogen and oxygen atoms in total. The van der Waals surface area contributed by atoms with Gasteiger partial charge in [-0.1, -0.05) is 35.9 Å². The van der Waals surface area contributed by atoms with Gasteiger partial charge in [-0.25, -0.2) is 4.98 Å². The molecule has 158 valence electrons. The van der Waals surface area contributed by atoms with Gasteiger partial charge in [-0.15, -0.1) is 0 Å². The van der Waals surface area contributed by atoms with Crippen LogP contribution in [0, 0.1) is 0 Å². The lowest BCUT2D eigenvalue weighted by atomic mass is 10.1. The van der Waals surface area contributed by atoms with Crippen molar-refractivity contribution in [2.24, 2.45) is 0 Å². The monoisotopic (exact) mass is 433 g/mol. The molecule has 0 saturated carbocycles. The van der Waals surface area contributed by atoms with E-state index in [0.717, 1.165) is 71.7 Å². The molecule has 0 spiro atoms. The average Bonchev–Trinajstić information content (AvgIpc) is 3.18. The van der Waals surface area contributed by atoms with Crippen LogP contribution in [-0.4, -0.2) is 47.7 Å². The molecule has 4 aromatic rings. The number of hydrogen-bond donors (Lipinski definition) is 0. The number of nitrogens with zero attached hydrogens (tertiary/aromatic N) is 3. The van der Waals surface area contributed by atoms with E-state index in [2.05, 4.69) is 39.8 Å². The van der Waals surface area contributed by atoms with Crippen LogP contribution >= 0.6 is 11.6 Å². The van der Waals surface area contributed by atoms with Crippen molar-refractivity contribution in [3.05, 3.63) is 77.6 Å². The van der Waals surface area contributed by atoms with Gasteiger partial charge in [0.15, 0.2) is 0 Å². The molecule has 0 atom stereocenters. The molecule has 0 unspecified atom stereocenters. The van der Waals surface area contributed by atoms with Crippen molar-refractivity contribution in [2.45, 2.75) is 6.54 Å². The van der Waals surface area contributed by atoms with Crippen LogP contribution < -0.4 is 4.74 Å². The first-order chi connectivity index (χ1) is 15.2. The highest BCUT2D eigenvalue weighted by Gasteiger charge is 2.19. The van der Waals surface area contributed by atoms with Crippen LogP contribution in [0.5, 0.6) is 5.75 Å². The number of benzene rings is 2. The third kappa shape index (κ3) is 4.17. The Bertz CT molecular complexity index is 1180. The Labute approximate surface area is 186 Å². The molecule has 1 aliphatic rings. The lowest BCUT2D eigenvalue weighted by Gasteiger charge is -2.26. The zero-order chi connectivity index (χ0) is 21.2. The van der Waals surface area contributed by atoms with E-state index in [1.165, 1.54) is 5.69 Å². The fraction of sp³-hybridized carbons (Fsp3) is 0.240. The highest BCUT2D eigenvalue weighted by molar-refractivity contribution is 6.30. The fourth-order valence-corrected chi connectivity index (χ4v) is 4.13. The number of pyridine rings is 1. The Morgan fingerprint density at radius 2 is 1.58 bits per heavy atom. The molecule has 0 aliphatic carbocycles. The third-order valence-electron chi connectivity index (χ3n) is 5.74. The molecule has 2 aromatic carbocycles. The predicted octanol–water partition coefficient (Wildman–Crippen LogP) is 5.16. The van der Waals surface area contributed by atoms with Gasteiger partial charge in [0.25, 0.3) is 0 Å². The van der Waals surface area contributed by atoms with E-state index in [4.69, 9.17) is 26.1 Å². The highest BCUT2D eigenvalue weighted by atomic mass is 35.5. The second-order valence-corrected chi connectivity index (χ2v) is 8.11. The maximum absolute atomic E-state index is 6.13. The third-order valence-corrected chi connectivity index (χ3v) is 5.99. The second kappa shape index (κ2) is 8.71. The Hall–Kier alpha value is -2.86. The minimum Gasteiger partial charge on any atom is -0.497 e. The molecule has 0 radical (unpaired) electrons. The zero-order valence-electron chi connectivity index (χ0n) is 17.4. The van der Waals surface area contributed by atoms with Gasteiger partial charge in [0.05, 0.1) is 31.7 Å². The number of ether oxygens (including phenoxy) is 2. The van der Waals surface area contributed by atoms with Crippen LogP contribution in [0.4, 0.5) is 0 Å². The Morgan fingerprint density at radius 1 is 0.903 bits per heavy atom. The summed E-state index contributed by atoms with van der Waals surface area (Å²) in [4.78, 5) is 7.41. The van der Waals surface area contributed by atoms with Gasteiger partial charge in [-0.2, -0.15) is 0 Å².